The zero-order valence-corrected chi connectivity index (χ0v) is 8.46. The Hall–Kier alpha value is -0.260. The van der Waals surface area contributed by atoms with Crippen LogP contribution in [0.1, 0.15) is 33.6 Å². The van der Waals surface area contributed by atoms with Crippen LogP contribution in [0.3, 0.4) is 0 Å². The summed E-state index contributed by atoms with van der Waals surface area (Å²) in [5.74, 6) is 4.71. The summed E-state index contributed by atoms with van der Waals surface area (Å²) in [5, 5.41) is 0. The third-order valence-electron chi connectivity index (χ3n) is 4.46. The maximum Gasteiger partial charge on any atom is -0.0174 e. The van der Waals surface area contributed by atoms with Gasteiger partial charge in [-0.1, -0.05) is 32.9 Å². The van der Waals surface area contributed by atoms with Gasteiger partial charge in [0, 0.05) is 0 Å². The van der Waals surface area contributed by atoms with Crippen molar-refractivity contribution in [3.63, 3.8) is 0 Å². The van der Waals surface area contributed by atoms with Crippen molar-refractivity contribution < 1.29 is 0 Å². The molecule has 5 atom stereocenters. The van der Waals surface area contributed by atoms with Crippen molar-refractivity contribution in [1.82, 2.24) is 0 Å². The van der Waals surface area contributed by atoms with Gasteiger partial charge in [-0.15, -0.1) is 0 Å². The van der Waals surface area contributed by atoms with Crippen LogP contribution in [0.25, 0.3) is 0 Å². The fraction of sp³-hybridized carbons (Fsp3) is 0.833. The summed E-state index contributed by atoms with van der Waals surface area (Å²) in [5.41, 5.74) is 0. The summed E-state index contributed by atoms with van der Waals surface area (Å²) in [6.45, 7) is 7.31. The third kappa shape index (κ3) is 1.04. The maximum atomic E-state index is 2.48. The van der Waals surface area contributed by atoms with Crippen molar-refractivity contribution in [2.45, 2.75) is 33.6 Å². The molecule has 0 spiro atoms. The molecule has 0 heterocycles. The topological polar surface area (TPSA) is 0 Å². The SMILES string of the molecule is CC1C(C)C2C=CCCC2C1C. The lowest BCUT2D eigenvalue weighted by molar-refractivity contribution is 0.310. The van der Waals surface area contributed by atoms with Crippen LogP contribution in [-0.2, 0) is 0 Å². The average molecular weight is 164 g/mol. The van der Waals surface area contributed by atoms with Gasteiger partial charge in [0.1, 0.15) is 0 Å². The number of allylic oxidation sites excluding steroid dienone is 2. The minimum absolute atomic E-state index is 0.906. The fourth-order valence-electron chi connectivity index (χ4n) is 3.28. The van der Waals surface area contributed by atoms with Gasteiger partial charge in [0.05, 0.1) is 0 Å². The van der Waals surface area contributed by atoms with Crippen LogP contribution in [0, 0.1) is 29.6 Å². The molecule has 5 unspecified atom stereocenters. The summed E-state index contributed by atoms with van der Waals surface area (Å²) in [7, 11) is 0. The van der Waals surface area contributed by atoms with Crippen LogP contribution in [0.15, 0.2) is 12.2 Å². The van der Waals surface area contributed by atoms with E-state index in [1.807, 2.05) is 0 Å². The summed E-state index contributed by atoms with van der Waals surface area (Å²) in [4.78, 5) is 0. The standard InChI is InChI=1S/C12H20/c1-8-9(2)11-6-4-5-7-12(11)10(8)3/h4,6,8-12H,5,7H2,1-3H3. The Labute approximate surface area is 76.1 Å². The second kappa shape index (κ2) is 2.90. The van der Waals surface area contributed by atoms with Gasteiger partial charge in [-0.05, 0) is 42.4 Å². The first-order valence-corrected chi connectivity index (χ1v) is 5.38. The number of rotatable bonds is 0. The molecule has 12 heavy (non-hydrogen) atoms. The molecule has 1 saturated carbocycles. The molecule has 0 amide bonds. The Kier molecular flexibility index (Phi) is 2.02. The Bertz CT molecular complexity index is 192. The van der Waals surface area contributed by atoms with Crippen molar-refractivity contribution in [1.29, 1.82) is 0 Å². The minimum Gasteiger partial charge on any atom is -0.0882 e. The van der Waals surface area contributed by atoms with Crippen molar-refractivity contribution >= 4 is 0 Å². The second-order valence-electron chi connectivity index (χ2n) is 4.82. The maximum absolute atomic E-state index is 2.48. The van der Waals surface area contributed by atoms with Gasteiger partial charge in [-0.25, -0.2) is 0 Å². The molecule has 68 valence electrons. The van der Waals surface area contributed by atoms with Gasteiger partial charge in [0.25, 0.3) is 0 Å². The molecule has 0 aromatic rings. The van der Waals surface area contributed by atoms with E-state index in [2.05, 4.69) is 32.9 Å². The molecule has 0 heteroatoms. The van der Waals surface area contributed by atoms with Crippen LogP contribution in [-0.4, -0.2) is 0 Å². The van der Waals surface area contributed by atoms with Crippen LogP contribution < -0.4 is 0 Å². The first-order valence-electron chi connectivity index (χ1n) is 5.38. The lowest BCUT2D eigenvalue weighted by Crippen LogP contribution is -2.16. The van der Waals surface area contributed by atoms with Crippen molar-refractivity contribution in [3.05, 3.63) is 12.2 Å². The van der Waals surface area contributed by atoms with E-state index < -0.39 is 0 Å². The van der Waals surface area contributed by atoms with Gasteiger partial charge in [0.2, 0.25) is 0 Å². The molecule has 0 nitrogen and oxygen atoms in total. The minimum atomic E-state index is 0.906. The third-order valence-corrected chi connectivity index (χ3v) is 4.46. The molecule has 0 aromatic carbocycles. The highest BCUT2D eigenvalue weighted by Gasteiger charge is 2.42. The number of hydrogen-bond acceptors (Lipinski definition) is 0. The smallest absolute Gasteiger partial charge is 0.0174 e. The second-order valence-corrected chi connectivity index (χ2v) is 4.82. The predicted molar refractivity (Wildman–Crippen MR) is 52.8 cm³/mol. The molecule has 0 radical (unpaired) electrons. The van der Waals surface area contributed by atoms with Gasteiger partial charge < -0.3 is 0 Å². The first-order chi connectivity index (χ1) is 5.72. The molecule has 0 saturated heterocycles. The molecule has 2 aliphatic carbocycles. The van der Waals surface area contributed by atoms with Gasteiger partial charge in [-0.3, -0.25) is 0 Å². The van der Waals surface area contributed by atoms with E-state index in [1.54, 1.807) is 0 Å². The average Bonchev–Trinajstić information content (AvgIpc) is 2.33. The van der Waals surface area contributed by atoms with E-state index in [0.717, 1.165) is 29.6 Å². The molecular formula is C12H20. The van der Waals surface area contributed by atoms with Gasteiger partial charge in [-0.2, -0.15) is 0 Å². The fourth-order valence-corrected chi connectivity index (χ4v) is 3.28. The Morgan fingerprint density at radius 2 is 1.75 bits per heavy atom. The largest absolute Gasteiger partial charge is 0.0882 e. The molecule has 1 fully saturated rings. The highest BCUT2D eigenvalue weighted by molar-refractivity contribution is 5.05. The Morgan fingerprint density at radius 1 is 1.00 bits per heavy atom. The predicted octanol–water partition coefficient (Wildman–Crippen LogP) is 3.49. The van der Waals surface area contributed by atoms with E-state index in [9.17, 15) is 0 Å². The quantitative estimate of drug-likeness (QED) is 0.481. The van der Waals surface area contributed by atoms with Gasteiger partial charge in [0.15, 0.2) is 0 Å². The molecule has 0 aromatic heterocycles. The molecule has 0 N–H and O–H groups in total. The first kappa shape index (κ1) is 8.34. The van der Waals surface area contributed by atoms with E-state index in [1.165, 1.54) is 12.8 Å². The summed E-state index contributed by atoms with van der Waals surface area (Å²) in [6, 6.07) is 0. The lowest BCUT2D eigenvalue weighted by atomic mass is 9.81. The van der Waals surface area contributed by atoms with E-state index in [-0.39, 0.29) is 0 Å². The highest BCUT2D eigenvalue weighted by Crippen LogP contribution is 2.49. The summed E-state index contributed by atoms with van der Waals surface area (Å²) >= 11 is 0. The lowest BCUT2D eigenvalue weighted by Gasteiger charge is -2.24. The molecule has 2 aliphatic rings. The van der Waals surface area contributed by atoms with Crippen LogP contribution in [0.5, 0.6) is 0 Å². The number of hydrogen-bond donors (Lipinski definition) is 0. The molecule has 2 rings (SSSR count). The van der Waals surface area contributed by atoms with Crippen LogP contribution in [0.2, 0.25) is 0 Å². The van der Waals surface area contributed by atoms with Crippen LogP contribution >= 0.6 is 0 Å². The normalized spacial score (nSPS) is 52.4. The van der Waals surface area contributed by atoms with Crippen LogP contribution in [0.4, 0.5) is 0 Å². The van der Waals surface area contributed by atoms with E-state index in [4.69, 9.17) is 0 Å². The molecule has 0 aliphatic heterocycles. The van der Waals surface area contributed by atoms with E-state index >= 15 is 0 Å². The molecule has 0 bridgehead atoms. The summed E-state index contributed by atoms with van der Waals surface area (Å²) < 4.78 is 0. The van der Waals surface area contributed by atoms with Crippen molar-refractivity contribution in [2.75, 3.05) is 0 Å². The van der Waals surface area contributed by atoms with Crippen molar-refractivity contribution in [3.8, 4) is 0 Å². The Balaban J connectivity index is 2.22. The zero-order chi connectivity index (χ0) is 8.72. The Morgan fingerprint density at radius 3 is 2.42 bits per heavy atom. The van der Waals surface area contributed by atoms with Gasteiger partial charge >= 0.3 is 0 Å². The molecular weight excluding hydrogens is 144 g/mol. The monoisotopic (exact) mass is 164 g/mol. The number of fused-ring (bicyclic) bond motifs is 1. The van der Waals surface area contributed by atoms with E-state index in [0.29, 0.717) is 0 Å². The highest BCUT2D eigenvalue weighted by atomic mass is 14.5. The van der Waals surface area contributed by atoms with Crippen molar-refractivity contribution in [2.24, 2.45) is 29.6 Å². The summed E-state index contributed by atoms with van der Waals surface area (Å²) in [6.07, 6.45) is 7.64. The zero-order valence-electron chi connectivity index (χ0n) is 8.46.